The molecule has 8 heteroatoms. The second-order valence-electron chi connectivity index (χ2n) is 5.02. The van der Waals surface area contributed by atoms with Crippen molar-refractivity contribution in [3.8, 4) is 5.75 Å². The predicted molar refractivity (Wildman–Crippen MR) is 78.7 cm³/mol. The summed E-state index contributed by atoms with van der Waals surface area (Å²) in [5.41, 5.74) is 5.25. The Balaban J connectivity index is 2.43. The van der Waals surface area contributed by atoms with E-state index in [0.29, 0.717) is 18.6 Å². The second-order valence-corrected chi connectivity index (χ2v) is 6.91. The van der Waals surface area contributed by atoms with Gasteiger partial charge < -0.3 is 10.5 Å². The number of amides is 1. The fourth-order valence-electron chi connectivity index (χ4n) is 2.44. The number of nitrogens with zero attached hydrogens (tertiary/aromatic N) is 1. The molecule has 1 aromatic carbocycles. The number of nitrogens with two attached hydrogens (primary N) is 1. The number of Topliss-reactive ketones (excluding diaryl/α,β-unsaturated/α-hetero) is 1. The zero-order valence-electron chi connectivity index (χ0n) is 12.2. The second kappa shape index (κ2) is 6.45. The van der Waals surface area contributed by atoms with Gasteiger partial charge in [0.05, 0.1) is 12.0 Å². The van der Waals surface area contributed by atoms with Gasteiger partial charge in [-0.15, -0.1) is 0 Å². The van der Waals surface area contributed by atoms with Crippen LogP contribution in [0.4, 0.5) is 0 Å². The first-order valence-electron chi connectivity index (χ1n) is 6.86. The first-order chi connectivity index (χ1) is 10.4. The molecule has 1 saturated heterocycles. The first-order valence-corrected chi connectivity index (χ1v) is 8.30. The van der Waals surface area contributed by atoms with Gasteiger partial charge in [-0.3, -0.25) is 9.59 Å². The molecule has 2 rings (SSSR count). The van der Waals surface area contributed by atoms with Crippen LogP contribution in [0.3, 0.4) is 0 Å². The topological polar surface area (TPSA) is 107 Å². The number of ketones is 1. The summed E-state index contributed by atoms with van der Waals surface area (Å²) in [5, 5.41) is 0. The molecule has 1 heterocycles. The highest BCUT2D eigenvalue weighted by atomic mass is 32.2. The Labute approximate surface area is 129 Å². The molecule has 120 valence electrons. The number of sulfonamides is 1. The van der Waals surface area contributed by atoms with Gasteiger partial charge in [0.2, 0.25) is 15.9 Å². The quantitative estimate of drug-likeness (QED) is 0.801. The molecule has 1 aliphatic heterocycles. The van der Waals surface area contributed by atoms with E-state index in [2.05, 4.69) is 0 Å². The van der Waals surface area contributed by atoms with E-state index in [4.69, 9.17) is 10.5 Å². The Kier molecular flexibility index (Phi) is 4.82. The molecule has 2 N–H and O–H groups in total. The van der Waals surface area contributed by atoms with Crippen LogP contribution in [0.2, 0.25) is 0 Å². The minimum Gasteiger partial charge on any atom is -0.497 e. The Hall–Kier alpha value is -1.93. The van der Waals surface area contributed by atoms with E-state index in [1.54, 1.807) is 0 Å². The first kappa shape index (κ1) is 16.4. The average molecular weight is 326 g/mol. The number of methoxy groups -OCH3 is 1. The van der Waals surface area contributed by atoms with Crippen LogP contribution in [0.5, 0.6) is 5.75 Å². The number of hydrogen-bond donors (Lipinski definition) is 1. The zero-order valence-corrected chi connectivity index (χ0v) is 13.0. The number of carbonyl (C=O) groups is 2. The number of carbonyl (C=O) groups excluding carboxylic acids is 2. The van der Waals surface area contributed by atoms with Crippen molar-refractivity contribution in [2.45, 2.75) is 30.2 Å². The molecule has 0 radical (unpaired) electrons. The summed E-state index contributed by atoms with van der Waals surface area (Å²) in [7, 11) is -2.51. The maximum Gasteiger partial charge on any atom is 0.244 e. The Morgan fingerprint density at radius 1 is 1.27 bits per heavy atom. The summed E-state index contributed by atoms with van der Waals surface area (Å²) in [5.74, 6) is -0.886. The molecule has 0 bridgehead atoms. The summed E-state index contributed by atoms with van der Waals surface area (Å²) in [4.78, 5) is 23.6. The van der Waals surface area contributed by atoms with Gasteiger partial charge in [0.25, 0.3) is 0 Å². The van der Waals surface area contributed by atoms with Crippen LogP contribution in [0, 0.1) is 0 Å². The zero-order chi connectivity index (χ0) is 16.3. The molecule has 0 aliphatic carbocycles. The minimum atomic E-state index is -3.98. The summed E-state index contributed by atoms with van der Waals surface area (Å²) in [6.07, 6.45) is 1.20. The highest BCUT2D eigenvalue weighted by Crippen LogP contribution is 2.24. The number of benzene rings is 1. The minimum absolute atomic E-state index is 0.00532. The Bertz CT molecular complexity index is 669. The Morgan fingerprint density at radius 3 is 2.45 bits per heavy atom. The maximum absolute atomic E-state index is 12.7. The van der Waals surface area contributed by atoms with Crippen LogP contribution in [0.15, 0.2) is 29.2 Å². The Morgan fingerprint density at radius 2 is 1.91 bits per heavy atom. The largest absolute Gasteiger partial charge is 0.497 e. The fraction of sp³-hybridized carbons (Fsp3) is 0.429. The molecule has 1 aliphatic rings. The maximum atomic E-state index is 12.7. The van der Waals surface area contributed by atoms with Gasteiger partial charge in [0.1, 0.15) is 5.75 Å². The van der Waals surface area contributed by atoms with Crippen LogP contribution in [0.25, 0.3) is 0 Å². The van der Waals surface area contributed by atoms with Gasteiger partial charge in [-0.1, -0.05) is 0 Å². The van der Waals surface area contributed by atoms with Crippen LogP contribution >= 0.6 is 0 Å². The molecular weight excluding hydrogens is 308 g/mol. The predicted octanol–water partition coefficient (Wildman–Crippen LogP) is 0.293. The van der Waals surface area contributed by atoms with Gasteiger partial charge >= 0.3 is 0 Å². The van der Waals surface area contributed by atoms with Crippen LogP contribution in [0.1, 0.15) is 19.3 Å². The standard InChI is InChI=1S/C14H18N2O5S/c1-21-10-5-7-11(8-6-10)22(19,20)16-9-3-2-4-12(17)13(16)14(15)18/h5-8,13H,2-4,9H2,1H3,(H2,15,18). The third kappa shape index (κ3) is 3.12. The van der Waals surface area contributed by atoms with E-state index in [-0.39, 0.29) is 17.9 Å². The molecular formula is C14H18N2O5S. The summed E-state index contributed by atoms with van der Waals surface area (Å²) < 4.78 is 31.3. The molecule has 0 aromatic heterocycles. The van der Waals surface area contributed by atoms with Crippen molar-refractivity contribution in [3.05, 3.63) is 24.3 Å². The lowest BCUT2D eigenvalue weighted by molar-refractivity contribution is -0.131. The smallest absolute Gasteiger partial charge is 0.244 e. The van der Waals surface area contributed by atoms with E-state index < -0.39 is 27.8 Å². The molecule has 1 aromatic rings. The summed E-state index contributed by atoms with van der Waals surface area (Å²) in [6.45, 7) is 0.0910. The van der Waals surface area contributed by atoms with E-state index in [1.807, 2.05) is 0 Å². The lowest BCUT2D eigenvalue weighted by Gasteiger charge is -2.25. The lowest BCUT2D eigenvalue weighted by atomic mass is 10.1. The third-order valence-corrected chi connectivity index (χ3v) is 5.46. The van der Waals surface area contributed by atoms with Crippen LogP contribution in [-0.4, -0.2) is 44.1 Å². The van der Waals surface area contributed by atoms with Crippen molar-refractivity contribution in [2.24, 2.45) is 5.73 Å². The van der Waals surface area contributed by atoms with Gasteiger partial charge in [-0.05, 0) is 37.1 Å². The number of hydrogen-bond acceptors (Lipinski definition) is 5. The third-order valence-electron chi connectivity index (χ3n) is 3.58. The molecule has 1 unspecified atom stereocenters. The lowest BCUT2D eigenvalue weighted by Crippen LogP contribution is -2.51. The van der Waals surface area contributed by atoms with Gasteiger partial charge in [-0.25, -0.2) is 8.42 Å². The van der Waals surface area contributed by atoms with Gasteiger partial charge in [0, 0.05) is 13.0 Å². The van der Waals surface area contributed by atoms with Crippen molar-refractivity contribution in [1.82, 2.24) is 4.31 Å². The highest BCUT2D eigenvalue weighted by molar-refractivity contribution is 7.89. The molecule has 0 spiro atoms. The number of rotatable bonds is 4. The normalized spacial score (nSPS) is 20.4. The fourth-order valence-corrected chi connectivity index (χ4v) is 4.06. The van der Waals surface area contributed by atoms with E-state index in [0.717, 1.165) is 4.31 Å². The van der Waals surface area contributed by atoms with Crippen LogP contribution < -0.4 is 10.5 Å². The SMILES string of the molecule is COc1ccc(S(=O)(=O)N2CCCCC(=O)C2C(N)=O)cc1. The van der Waals surface area contributed by atoms with Crippen molar-refractivity contribution in [1.29, 1.82) is 0 Å². The van der Waals surface area contributed by atoms with Crippen molar-refractivity contribution < 1.29 is 22.7 Å². The molecule has 1 amide bonds. The highest BCUT2D eigenvalue weighted by Gasteiger charge is 2.40. The van der Waals surface area contributed by atoms with E-state index >= 15 is 0 Å². The van der Waals surface area contributed by atoms with E-state index in [9.17, 15) is 18.0 Å². The average Bonchev–Trinajstić information content (AvgIpc) is 2.69. The summed E-state index contributed by atoms with van der Waals surface area (Å²) in [6, 6.07) is 4.33. The number of ether oxygens (including phenoxy) is 1. The summed E-state index contributed by atoms with van der Waals surface area (Å²) >= 11 is 0. The molecule has 1 fully saturated rings. The van der Waals surface area contributed by atoms with Gasteiger partial charge in [-0.2, -0.15) is 4.31 Å². The molecule has 7 nitrogen and oxygen atoms in total. The van der Waals surface area contributed by atoms with Crippen molar-refractivity contribution >= 4 is 21.7 Å². The number of primary amides is 1. The monoisotopic (exact) mass is 326 g/mol. The van der Waals surface area contributed by atoms with Gasteiger partial charge in [0.15, 0.2) is 11.8 Å². The van der Waals surface area contributed by atoms with Crippen molar-refractivity contribution in [2.75, 3.05) is 13.7 Å². The molecule has 1 atom stereocenters. The van der Waals surface area contributed by atoms with Crippen molar-refractivity contribution in [3.63, 3.8) is 0 Å². The van der Waals surface area contributed by atoms with Crippen LogP contribution in [-0.2, 0) is 19.6 Å². The van der Waals surface area contributed by atoms with E-state index in [1.165, 1.54) is 31.4 Å². The molecule has 22 heavy (non-hydrogen) atoms. The molecule has 0 saturated carbocycles.